The van der Waals surface area contributed by atoms with E-state index < -0.39 is 0 Å². The number of hydrogen-bond donors (Lipinski definition) is 2. The van der Waals surface area contributed by atoms with Gasteiger partial charge in [0.15, 0.2) is 0 Å². The monoisotopic (exact) mass is 330 g/mol. The van der Waals surface area contributed by atoms with Gasteiger partial charge >= 0.3 is 6.03 Å². The molecule has 6 heteroatoms. The van der Waals surface area contributed by atoms with E-state index in [0.717, 1.165) is 30.8 Å². The minimum atomic E-state index is -0.247. The summed E-state index contributed by atoms with van der Waals surface area (Å²) in [6.45, 7) is 4.81. The van der Waals surface area contributed by atoms with Crippen molar-refractivity contribution < 1.29 is 9.90 Å². The fourth-order valence-electron chi connectivity index (χ4n) is 2.35. The van der Waals surface area contributed by atoms with Gasteiger partial charge in [-0.05, 0) is 25.5 Å². The maximum Gasteiger partial charge on any atom is 0.321 e. The molecule has 1 heterocycles. The zero-order valence-electron chi connectivity index (χ0n) is 14.6. The SMILES string of the molecule is CCCCn1ccnc1-c1cccc(NC(=O)N(C)C(C)CO)c1. The number of aryl methyl sites for hydroxylation is 1. The molecule has 2 amide bonds. The van der Waals surface area contributed by atoms with Crippen molar-refractivity contribution in [2.45, 2.75) is 39.3 Å². The quantitative estimate of drug-likeness (QED) is 0.819. The van der Waals surface area contributed by atoms with Crippen molar-refractivity contribution in [3.63, 3.8) is 0 Å². The number of nitrogens with one attached hydrogen (secondary N) is 1. The highest BCUT2D eigenvalue weighted by Gasteiger charge is 2.15. The van der Waals surface area contributed by atoms with E-state index in [0.29, 0.717) is 5.69 Å². The van der Waals surface area contributed by atoms with E-state index in [1.54, 1.807) is 20.2 Å². The number of amides is 2. The van der Waals surface area contributed by atoms with Gasteiger partial charge in [-0.1, -0.05) is 25.5 Å². The fourth-order valence-corrected chi connectivity index (χ4v) is 2.35. The molecule has 2 rings (SSSR count). The normalized spacial score (nSPS) is 12.0. The number of aliphatic hydroxyl groups excluding tert-OH is 1. The summed E-state index contributed by atoms with van der Waals surface area (Å²) in [5.74, 6) is 0.900. The number of aliphatic hydroxyl groups is 1. The molecule has 2 aromatic rings. The minimum absolute atomic E-state index is 0.0706. The molecule has 24 heavy (non-hydrogen) atoms. The highest BCUT2D eigenvalue weighted by Crippen LogP contribution is 2.22. The second kappa shape index (κ2) is 8.49. The Hall–Kier alpha value is -2.34. The molecule has 0 radical (unpaired) electrons. The molecule has 0 saturated carbocycles. The molecular formula is C18H26N4O2. The Morgan fingerprint density at radius 1 is 1.46 bits per heavy atom. The molecule has 1 aromatic heterocycles. The molecule has 2 N–H and O–H groups in total. The van der Waals surface area contributed by atoms with Crippen molar-refractivity contribution in [1.82, 2.24) is 14.5 Å². The number of benzene rings is 1. The van der Waals surface area contributed by atoms with Crippen LogP contribution < -0.4 is 5.32 Å². The number of aromatic nitrogens is 2. The van der Waals surface area contributed by atoms with Crippen molar-refractivity contribution in [1.29, 1.82) is 0 Å². The van der Waals surface area contributed by atoms with E-state index in [2.05, 4.69) is 21.8 Å². The number of nitrogens with zero attached hydrogens (tertiary/aromatic N) is 3. The average molecular weight is 330 g/mol. The highest BCUT2D eigenvalue weighted by molar-refractivity contribution is 5.90. The lowest BCUT2D eigenvalue weighted by Crippen LogP contribution is -2.40. The molecule has 1 unspecified atom stereocenters. The van der Waals surface area contributed by atoms with Crippen molar-refractivity contribution in [3.8, 4) is 11.4 Å². The second-order valence-electron chi connectivity index (χ2n) is 5.95. The molecule has 0 saturated heterocycles. The third-order valence-corrected chi connectivity index (χ3v) is 4.09. The topological polar surface area (TPSA) is 70.4 Å². The molecular weight excluding hydrogens is 304 g/mol. The molecule has 0 bridgehead atoms. The molecule has 130 valence electrons. The Bertz CT molecular complexity index is 669. The van der Waals surface area contributed by atoms with Crippen LogP contribution in [0.3, 0.4) is 0 Å². The summed E-state index contributed by atoms with van der Waals surface area (Å²) < 4.78 is 2.13. The number of rotatable bonds is 7. The number of urea groups is 1. The summed E-state index contributed by atoms with van der Waals surface area (Å²) >= 11 is 0. The molecule has 0 aliphatic rings. The lowest BCUT2D eigenvalue weighted by molar-refractivity contribution is 0.166. The van der Waals surface area contributed by atoms with Crippen molar-refractivity contribution >= 4 is 11.7 Å². The van der Waals surface area contributed by atoms with Crippen LogP contribution in [-0.4, -0.2) is 45.3 Å². The number of carbonyl (C=O) groups is 1. The van der Waals surface area contributed by atoms with Crippen LogP contribution in [0.1, 0.15) is 26.7 Å². The van der Waals surface area contributed by atoms with Crippen LogP contribution in [0.4, 0.5) is 10.5 Å². The molecule has 0 fully saturated rings. The van der Waals surface area contributed by atoms with Gasteiger partial charge < -0.3 is 19.9 Å². The van der Waals surface area contributed by atoms with Crippen molar-refractivity contribution in [3.05, 3.63) is 36.7 Å². The van der Waals surface area contributed by atoms with Gasteiger partial charge in [-0.25, -0.2) is 9.78 Å². The van der Waals surface area contributed by atoms with E-state index in [1.165, 1.54) is 4.90 Å². The standard InChI is InChI=1S/C18H26N4O2/c1-4-5-10-22-11-9-19-17(22)15-7-6-8-16(12-15)20-18(24)21(3)14(2)13-23/h6-9,11-12,14,23H,4-5,10,13H2,1-3H3,(H,20,24). The number of unbranched alkanes of at least 4 members (excludes halogenated alkanes) is 1. The van der Waals surface area contributed by atoms with Crippen LogP contribution in [-0.2, 0) is 6.54 Å². The van der Waals surface area contributed by atoms with E-state index in [9.17, 15) is 4.79 Å². The molecule has 6 nitrogen and oxygen atoms in total. The zero-order chi connectivity index (χ0) is 17.5. The van der Waals surface area contributed by atoms with Gasteiger partial charge in [0.1, 0.15) is 5.82 Å². The lowest BCUT2D eigenvalue weighted by Gasteiger charge is -2.23. The van der Waals surface area contributed by atoms with Crippen LogP contribution >= 0.6 is 0 Å². The van der Waals surface area contributed by atoms with Gasteiger partial charge in [-0.3, -0.25) is 0 Å². The number of hydrogen-bond acceptors (Lipinski definition) is 3. The molecule has 0 aliphatic heterocycles. The van der Waals surface area contributed by atoms with Crippen LogP contribution in [0.25, 0.3) is 11.4 Å². The number of carbonyl (C=O) groups excluding carboxylic acids is 1. The van der Waals surface area contributed by atoms with Crippen LogP contribution in [0.5, 0.6) is 0 Å². The van der Waals surface area contributed by atoms with Gasteiger partial charge in [0.2, 0.25) is 0 Å². The predicted molar refractivity (Wildman–Crippen MR) is 95.9 cm³/mol. The van der Waals surface area contributed by atoms with Crippen LogP contribution in [0, 0.1) is 0 Å². The third-order valence-electron chi connectivity index (χ3n) is 4.09. The molecule has 0 spiro atoms. The second-order valence-corrected chi connectivity index (χ2v) is 5.95. The Labute approximate surface area is 143 Å². The van der Waals surface area contributed by atoms with E-state index in [4.69, 9.17) is 5.11 Å². The zero-order valence-corrected chi connectivity index (χ0v) is 14.6. The fraction of sp³-hybridized carbons (Fsp3) is 0.444. The van der Waals surface area contributed by atoms with Gasteiger partial charge in [-0.2, -0.15) is 0 Å². The van der Waals surface area contributed by atoms with Gasteiger partial charge in [0.25, 0.3) is 0 Å². The first-order chi connectivity index (χ1) is 11.6. The summed E-state index contributed by atoms with van der Waals surface area (Å²) in [5.41, 5.74) is 1.67. The largest absolute Gasteiger partial charge is 0.394 e. The maximum atomic E-state index is 12.2. The van der Waals surface area contributed by atoms with Crippen LogP contribution in [0.2, 0.25) is 0 Å². The summed E-state index contributed by atoms with van der Waals surface area (Å²) in [6, 6.07) is 7.17. The Morgan fingerprint density at radius 2 is 2.25 bits per heavy atom. The summed E-state index contributed by atoms with van der Waals surface area (Å²) in [7, 11) is 1.66. The summed E-state index contributed by atoms with van der Waals surface area (Å²) in [4.78, 5) is 18.1. The van der Waals surface area contributed by atoms with Gasteiger partial charge in [0.05, 0.1) is 12.6 Å². The van der Waals surface area contributed by atoms with Gasteiger partial charge in [-0.15, -0.1) is 0 Å². The first-order valence-corrected chi connectivity index (χ1v) is 8.33. The first-order valence-electron chi connectivity index (χ1n) is 8.33. The Kier molecular flexibility index (Phi) is 6.37. The highest BCUT2D eigenvalue weighted by atomic mass is 16.3. The van der Waals surface area contributed by atoms with E-state index in [1.807, 2.05) is 30.5 Å². The van der Waals surface area contributed by atoms with Crippen molar-refractivity contribution in [2.75, 3.05) is 19.0 Å². The van der Waals surface area contributed by atoms with E-state index >= 15 is 0 Å². The predicted octanol–water partition coefficient (Wildman–Crippen LogP) is 3.19. The maximum absolute atomic E-state index is 12.2. The number of anilines is 1. The smallest absolute Gasteiger partial charge is 0.321 e. The summed E-state index contributed by atoms with van der Waals surface area (Å²) in [6.07, 6.45) is 6.01. The lowest BCUT2D eigenvalue weighted by atomic mass is 10.2. The molecule has 1 aromatic carbocycles. The van der Waals surface area contributed by atoms with Crippen molar-refractivity contribution in [2.24, 2.45) is 0 Å². The number of likely N-dealkylation sites (N-methyl/N-ethyl adjacent to an activating group) is 1. The van der Waals surface area contributed by atoms with Crippen LogP contribution in [0.15, 0.2) is 36.7 Å². The minimum Gasteiger partial charge on any atom is -0.394 e. The Morgan fingerprint density at radius 3 is 2.96 bits per heavy atom. The summed E-state index contributed by atoms with van der Waals surface area (Å²) in [5, 5.41) is 12.0. The molecule has 1 atom stereocenters. The number of imidazole rings is 1. The third kappa shape index (κ3) is 4.35. The Balaban J connectivity index is 2.15. The first kappa shape index (κ1) is 18.0. The van der Waals surface area contributed by atoms with Gasteiger partial charge in [0, 0.05) is 37.2 Å². The molecule has 0 aliphatic carbocycles. The van der Waals surface area contributed by atoms with E-state index in [-0.39, 0.29) is 18.7 Å². The average Bonchev–Trinajstić information content (AvgIpc) is 3.07.